The molecule has 0 saturated heterocycles. The Morgan fingerprint density at radius 2 is 1.96 bits per heavy atom. The second kappa shape index (κ2) is 7.04. The summed E-state index contributed by atoms with van der Waals surface area (Å²) in [5.74, 6) is -2.54. The van der Waals surface area contributed by atoms with Crippen LogP contribution in [0, 0.1) is 5.82 Å². The molecule has 3 rings (SSSR count). The molecule has 1 aliphatic carbocycles. The molecule has 27 heavy (non-hydrogen) atoms. The number of nitrogens with two attached hydrogens (primary N) is 1. The molecule has 8 heteroatoms. The van der Waals surface area contributed by atoms with Gasteiger partial charge in [0, 0.05) is 12.1 Å². The number of aliphatic hydroxyl groups excluding tert-OH is 1. The second-order valence-electron chi connectivity index (χ2n) is 7.25. The number of hydrogen-bond donors (Lipinski definition) is 2. The van der Waals surface area contributed by atoms with Crippen molar-refractivity contribution in [2.45, 2.75) is 43.4 Å². The third-order valence-electron chi connectivity index (χ3n) is 5.12. The topological polar surface area (TPSA) is 59.1 Å². The van der Waals surface area contributed by atoms with Crippen LogP contribution in [-0.2, 0) is 5.41 Å². The van der Waals surface area contributed by atoms with Crippen molar-refractivity contribution in [1.82, 2.24) is 4.98 Å². The summed E-state index contributed by atoms with van der Waals surface area (Å²) in [6.07, 6.45) is -4.14. The Balaban J connectivity index is 2.15. The number of alkyl halides is 3. The molecule has 1 unspecified atom stereocenters. The Morgan fingerprint density at radius 1 is 1.30 bits per heavy atom. The summed E-state index contributed by atoms with van der Waals surface area (Å²) in [5, 5.41) is 9.54. The van der Waals surface area contributed by atoms with Crippen LogP contribution in [0.5, 0.6) is 0 Å². The molecule has 1 aliphatic rings. The fraction of sp³-hybridized carbons (Fsp3) is 0.421. The number of pyridine rings is 1. The van der Waals surface area contributed by atoms with Gasteiger partial charge in [-0.25, -0.2) is 4.39 Å². The molecule has 1 aromatic carbocycles. The molecule has 146 valence electrons. The number of nitrogens with zero attached hydrogens (tertiary/aromatic N) is 1. The van der Waals surface area contributed by atoms with Crippen LogP contribution in [-0.4, -0.2) is 28.9 Å². The zero-order valence-electron chi connectivity index (χ0n) is 14.5. The number of aromatic nitrogens is 1. The van der Waals surface area contributed by atoms with E-state index in [0.717, 1.165) is 6.07 Å². The van der Waals surface area contributed by atoms with Crippen molar-refractivity contribution in [1.29, 1.82) is 0 Å². The predicted octanol–water partition coefficient (Wildman–Crippen LogP) is 4.56. The quantitative estimate of drug-likeness (QED) is 0.737. The molecule has 0 aliphatic heterocycles. The first kappa shape index (κ1) is 20.0. The minimum absolute atomic E-state index is 0.141. The molecule has 3 nitrogen and oxygen atoms in total. The van der Waals surface area contributed by atoms with E-state index in [9.17, 15) is 22.7 Å². The van der Waals surface area contributed by atoms with Gasteiger partial charge in [-0.05, 0) is 54.2 Å². The number of benzene rings is 1. The summed E-state index contributed by atoms with van der Waals surface area (Å²) in [5.41, 5.74) is 6.03. The van der Waals surface area contributed by atoms with Gasteiger partial charge in [0.25, 0.3) is 0 Å². The van der Waals surface area contributed by atoms with Crippen LogP contribution < -0.4 is 5.73 Å². The Labute approximate surface area is 159 Å². The van der Waals surface area contributed by atoms with E-state index in [2.05, 4.69) is 4.98 Å². The fourth-order valence-electron chi connectivity index (χ4n) is 3.52. The summed E-state index contributed by atoms with van der Waals surface area (Å²) < 4.78 is 53.7. The van der Waals surface area contributed by atoms with E-state index < -0.39 is 36.0 Å². The highest BCUT2D eigenvalue weighted by molar-refractivity contribution is 6.31. The van der Waals surface area contributed by atoms with Gasteiger partial charge in [0.15, 0.2) is 0 Å². The third-order valence-corrected chi connectivity index (χ3v) is 5.41. The molecule has 3 N–H and O–H groups in total. The smallest absolute Gasteiger partial charge is 0.393 e. The van der Waals surface area contributed by atoms with Crippen LogP contribution in [0.25, 0.3) is 11.3 Å². The maximum atomic E-state index is 13.5. The van der Waals surface area contributed by atoms with Gasteiger partial charge in [-0.15, -0.1) is 0 Å². The molecule has 2 aromatic rings. The standard InChI is InChI=1S/C19H19ClF4N2O/c1-18(7-12(27)8-18)11-5-16(10-2-3-15(21)14(20)4-10)26-17(6-11)13(9-25)19(22,23)24/h2-6,12-13,27H,7-9,25H2,1H3. The first-order valence-electron chi connectivity index (χ1n) is 8.46. The van der Waals surface area contributed by atoms with Gasteiger partial charge in [0.1, 0.15) is 11.7 Å². The molecular weight excluding hydrogens is 384 g/mol. The van der Waals surface area contributed by atoms with E-state index in [-0.39, 0.29) is 16.4 Å². The number of rotatable bonds is 4. The van der Waals surface area contributed by atoms with Crippen molar-refractivity contribution >= 4 is 11.6 Å². The average Bonchev–Trinajstić information content (AvgIpc) is 2.55. The van der Waals surface area contributed by atoms with Crippen molar-refractivity contribution in [2.24, 2.45) is 5.73 Å². The van der Waals surface area contributed by atoms with Gasteiger partial charge in [-0.2, -0.15) is 13.2 Å². The van der Waals surface area contributed by atoms with Gasteiger partial charge >= 0.3 is 6.18 Å². The SMILES string of the molecule is CC1(c2cc(-c3ccc(F)c(Cl)c3)nc(C(CN)C(F)(F)F)c2)CC(O)C1. The van der Waals surface area contributed by atoms with Crippen molar-refractivity contribution in [2.75, 3.05) is 6.54 Å². The van der Waals surface area contributed by atoms with Gasteiger partial charge in [0.2, 0.25) is 0 Å². The monoisotopic (exact) mass is 402 g/mol. The Kier molecular flexibility index (Phi) is 5.22. The molecule has 1 fully saturated rings. The molecular formula is C19H19ClF4N2O. The lowest BCUT2D eigenvalue weighted by molar-refractivity contribution is -0.148. The largest absolute Gasteiger partial charge is 0.398 e. The molecule has 0 radical (unpaired) electrons. The summed E-state index contributed by atoms with van der Waals surface area (Å²) in [6, 6.07) is 6.97. The Bertz CT molecular complexity index is 850. The van der Waals surface area contributed by atoms with E-state index in [1.54, 1.807) is 6.07 Å². The minimum atomic E-state index is -4.54. The Hall–Kier alpha value is -1.70. The van der Waals surface area contributed by atoms with E-state index in [0.29, 0.717) is 24.0 Å². The summed E-state index contributed by atoms with van der Waals surface area (Å²) in [6.45, 7) is 1.24. The van der Waals surface area contributed by atoms with E-state index in [1.807, 2.05) is 6.92 Å². The number of aliphatic hydroxyl groups is 1. The molecule has 0 amide bonds. The highest BCUT2D eigenvalue weighted by Gasteiger charge is 2.44. The zero-order valence-corrected chi connectivity index (χ0v) is 15.3. The second-order valence-corrected chi connectivity index (χ2v) is 7.65. The number of hydrogen-bond acceptors (Lipinski definition) is 3. The molecule has 0 bridgehead atoms. The predicted molar refractivity (Wildman–Crippen MR) is 95.1 cm³/mol. The van der Waals surface area contributed by atoms with Crippen LogP contribution in [0.2, 0.25) is 5.02 Å². The van der Waals surface area contributed by atoms with E-state index >= 15 is 0 Å². The molecule has 1 saturated carbocycles. The van der Waals surface area contributed by atoms with Crippen LogP contribution in [0.1, 0.15) is 36.9 Å². The van der Waals surface area contributed by atoms with Crippen LogP contribution in [0.3, 0.4) is 0 Å². The van der Waals surface area contributed by atoms with Crippen LogP contribution >= 0.6 is 11.6 Å². The normalized spacial score (nSPS) is 23.8. The molecule has 0 spiro atoms. The maximum absolute atomic E-state index is 13.5. The van der Waals surface area contributed by atoms with Crippen LogP contribution in [0.15, 0.2) is 30.3 Å². The lowest BCUT2D eigenvalue weighted by Gasteiger charge is -2.43. The highest BCUT2D eigenvalue weighted by atomic mass is 35.5. The van der Waals surface area contributed by atoms with Crippen molar-refractivity contribution in [3.05, 3.63) is 52.4 Å². The first-order chi connectivity index (χ1) is 12.5. The van der Waals surface area contributed by atoms with Gasteiger partial charge in [0.05, 0.1) is 22.5 Å². The minimum Gasteiger partial charge on any atom is -0.393 e. The molecule has 1 heterocycles. The van der Waals surface area contributed by atoms with Crippen LogP contribution in [0.4, 0.5) is 17.6 Å². The van der Waals surface area contributed by atoms with Gasteiger partial charge < -0.3 is 10.8 Å². The van der Waals surface area contributed by atoms with Crippen molar-refractivity contribution in [3.63, 3.8) is 0 Å². The first-order valence-corrected chi connectivity index (χ1v) is 8.84. The average molecular weight is 403 g/mol. The van der Waals surface area contributed by atoms with Gasteiger partial charge in [-0.3, -0.25) is 4.98 Å². The summed E-state index contributed by atoms with van der Waals surface area (Å²) in [7, 11) is 0. The lowest BCUT2D eigenvalue weighted by Crippen LogP contribution is -2.42. The van der Waals surface area contributed by atoms with Gasteiger partial charge in [-0.1, -0.05) is 18.5 Å². The Morgan fingerprint density at radius 3 is 2.48 bits per heavy atom. The third kappa shape index (κ3) is 3.95. The zero-order chi connectivity index (χ0) is 20.0. The summed E-state index contributed by atoms with van der Waals surface area (Å²) in [4.78, 5) is 4.16. The van der Waals surface area contributed by atoms with E-state index in [4.69, 9.17) is 17.3 Å². The van der Waals surface area contributed by atoms with Crippen molar-refractivity contribution in [3.8, 4) is 11.3 Å². The summed E-state index contributed by atoms with van der Waals surface area (Å²) >= 11 is 5.82. The molecule has 1 atom stereocenters. The lowest BCUT2D eigenvalue weighted by atomic mass is 9.64. The van der Waals surface area contributed by atoms with Crippen molar-refractivity contribution < 1.29 is 22.7 Å². The fourth-order valence-corrected chi connectivity index (χ4v) is 3.70. The number of halogens is 5. The van der Waals surface area contributed by atoms with E-state index in [1.165, 1.54) is 18.2 Å². The highest BCUT2D eigenvalue weighted by Crippen LogP contribution is 2.45. The molecule has 1 aromatic heterocycles. The maximum Gasteiger partial charge on any atom is 0.398 e.